The lowest BCUT2D eigenvalue weighted by Crippen LogP contribution is -2.35. The lowest BCUT2D eigenvalue weighted by atomic mass is 9.77. The Kier molecular flexibility index (Phi) is 5.49. The average Bonchev–Trinajstić information content (AvgIpc) is 3.45. The topological polar surface area (TPSA) is 62.7 Å². The molecule has 0 unspecified atom stereocenters. The second-order valence-corrected chi connectivity index (χ2v) is 11.0. The zero-order valence-corrected chi connectivity index (χ0v) is 20.8. The third-order valence-corrected chi connectivity index (χ3v) is 8.29. The Labute approximate surface area is 217 Å². The number of nitrogens with zero attached hydrogens (tertiary/aromatic N) is 2. The fourth-order valence-electron chi connectivity index (χ4n) is 6.16. The first-order chi connectivity index (χ1) is 18.0. The van der Waals surface area contributed by atoms with Crippen LogP contribution in [0.4, 0.5) is 28.9 Å². The molecule has 0 bridgehead atoms. The number of aliphatic carboxylic acids is 1. The van der Waals surface area contributed by atoms with Gasteiger partial charge in [-0.1, -0.05) is 26.0 Å². The van der Waals surface area contributed by atoms with Gasteiger partial charge in [0.2, 0.25) is 5.88 Å². The van der Waals surface area contributed by atoms with Gasteiger partial charge in [0.1, 0.15) is 12.4 Å². The zero-order valence-electron chi connectivity index (χ0n) is 20.8. The number of hydrogen-bond acceptors (Lipinski definition) is 4. The number of hydrogen-bond donors (Lipinski definition) is 1. The fourth-order valence-corrected chi connectivity index (χ4v) is 6.16. The van der Waals surface area contributed by atoms with Gasteiger partial charge < -0.3 is 14.7 Å². The van der Waals surface area contributed by atoms with E-state index < -0.39 is 28.9 Å². The summed E-state index contributed by atoms with van der Waals surface area (Å²) >= 11 is 0. The minimum absolute atomic E-state index is 0.00365. The van der Waals surface area contributed by atoms with Crippen LogP contribution >= 0.6 is 0 Å². The van der Waals surface area contributed by atoms with Crippen LogP contribution in [0.25, 0.3) is 0 Å². The van der Waals surface area contributed by atoms with Crippen LogP contribution in [0.2, 0.25) is 0 Å². The number of ether oxygens (including phenoxy) is 1. The van der Waals surface area contributed by atoms with Crippen LogP contribution in [-0.2, 0) is 29.4 Å². The van der Waals surface area contributed by atoms with Crippen molar-refractivity contribution < 1.29 is 32.2 Å². The molecule has 2 heterocycles. The van der Waals surface area contributed by atoms with Crippen LogP contribution in [0, 0.1) is 17.7 Å². The van der Waals surface area contributed by atoms with Gasteiger partial charge in [0.15, 0.2) is 0 Å². The fraction of sp³-hybridized carbons (Fsp3) is 0.379. The van der Waals surface area contributed by atoms with Gasteiger partial charge in [0, 0.05) is 36.0 Å². The molecule has 9 heteroatoms. The summed E-state index contributed by atoms with van der Waals surface area (Å²) in [7, 11) is 0. The molecular formula is C29H26F4N2O3. The molecule has 3 aromatic rings. The predicted octanol–water partition coefficient (Wildman–Crippen LogP) is 6.61. The van der Waals surface area contributed by atoms with E-state index in [0.717, 1.165) is 17.2 Å². The van der Waals surface area contributed by atoms with Gasteiger partial charge in [-0.15, -0.1) is 0 Å². The predicted molar refractivity (Wildman–Crippen MR) is 132 cm³/mol. The minimum Gasteiger partial charge on any atom is -0.481 e. The molecule has 1 saturated carbocycles. The highest BCUT2D eigenvalue weighted by Crippen LogP contribution is 2.61. The summed E-state index contributed by atoms with van der Waals surface area (Å²) in [5.74, 6) is -1.25. The minimum atomic E-state index is -4.53. The molecule has 1 N–H and O–H groups in total. The summed E-state index contributed by atoms with van der Waals surface area (Å²) in [6.45, 7) is 4.13. The van der Waals surface area contributed by atoms with E-state index in [-0.39, 0.29) is 35.6 Å². The molecule has 1 aliphatic heterocycles. The molecule has 3 aliphatic rings. The van der Waals surface area contributed by atoms with Crippen molar-refractivity contribution in [2.45, 2.75) is 50.8 Å². The van der Waals surface area contributed by atoms with Crippen molar-refractivity contribution in [3.05, 3.63) is 82.3 Å². The van der Waals surface area contributed by atoms with Crippen LogP contribution in [0.15, 0.2) is 48.7 Å². The molecule has 6 rings (SSSR count). The normalized spacial score (nSPS) is 22.9. The van der Waals surface area contributed by atoms with E-state index in [2.05, 4.69) is 4.98 Å². The van der Waals surface area contributed by atoms with Crippen LogP contribution in [0.1, 0.15) is 54.0 Å². The summed E-state index contributed by atoms with van der Waals surface area (Å²) in [5, 5.41) is 9.30. The number of carboxylic acid groups (broad SMARTS) is 1. The van der Waals surface area contributed by atoms with Gasteiger partial charge in [-0.05, 0) is 65.1 Å². The number of benzene rings is 2. The number of para-hydroxylation sites is 1. The van der Waals surface area contributed by atoms with E-state index in [4.69, 9.17) is 4.74 Å². The maximum Gasteiger partial charge on any atom is 0.418 e. The first-order valence-corrected chi connectivity index (χ1v) is 12.6. The van der Waals surface area contributed by atoms with Crippen LogP contribution in [0.3, 0.4) is 0 Å². The Morgan fingerprint density at radius 3 is 2.68 bits per heavy atom. The number of anilines is 2. The highest BCUT2D eigenvalue weighted by atomic mass is 19.4. The first-order valence-electron chi connectivity index (χ1n) is 12.6. The van der Waals surface area contributed by atoms with Crippen molar-refractivity contribution >= 4 is 17.3 Å². The van der Waals surface area contributed by atoms with E-state index >= 15 is 4.39 Å². The number of carboxylic acids is 1. The summed E-state index contributed by atoms with van der Waals surface area (Å²) in [6.07, 6.45) is -1.68. The molecule has 198 valence electrons. The number of halogens is 4. The smallest absolute Gasteiger partial charge is 0.418 e. The SMILES string of the molecule is CC1(C)CCN(c2ccccc2C(F)(F)F)c2cc(COc3cc4c(cn3)[C@H]3[C@@H](C4)[C@@H]3C(=O)O)c(F)cc21. The molecular weight excluding hydrogens is 500 g/mol. The third kappa shape index (κ3) is 3.99. The van der Waals surface area contributed by atoms with Crippen molar-refractivity contribution in [3.8, 4) is 5.88 Å². The van der Waals surface area contributed by atoms with Crippen molar-refractivity contribution in [3.63, 3.8) is 0 Å². The highest BCUT2D eigenvalue weighted by molar-refractivity contribution is 5.78. The monoisotopic (exact) mass is 526 g/mol. The van der Waals surface area contributed by atoms with E-state index in [1.54, 1.807) is 29.3 Å². The molecule has 1 fully saturated rings. The van der Waals surface area contributed by atoms with Crippen molar-refractivity contribution in [2.75, 3.05) is 11.4 Å². The summed E-state index contributed by atoms with van der Waals surface area (Å²) in [4.78, 5) is 17.2. The van der Waals surface area contributed by atoms with E-state index in [1.165, 1.54) is 18.2 Å². The van der Waals surface area contributed by atoms with Gasteiger partial charge >= 0.3 is 12.1 Å². The van der Waals surface area contributed by atoms with Crippen molar-refractivity contribution in [2.24, 2.45) is 11.8 Å². The maximum atomic E-state index is 15.3. The van der Waals surface area contributed by atoms with E-state index in [1.807, 2.05) is 13.8 Å². The van der Waals surface area contributed by atoms with Crippen molar-refractivity contribution in [1.82, 2.24) is 4.98 Å². The number of alkyl halides is 3. The largest absolute Gasteiger partial charge is 0.481 e. The standard InChI is InChI=1S/C29H26F4N2O3/c1-28(2)7-8-35(22-6-4-3-5-19(22)29(31,32)33)23-10-16(21(30)12-20(23)28)14-38-24-11-15-9-17-25(18(15)13-34-24)26(17)27(36)37/h3-6,10-13,17,25-26H,7-9,14H2,1-2H3,(H,36,37)/t17-,25-,26+/m1/s1. The van der Waals surface area contributed by atoms with Crippen LogP contribution in [0.5, 0.6) is 5.88 Å². The van der Waals surface area contributed by atoms with Gasteiger partial charge in [-0.3, -0.25) is 4.79 Å². The molecule has 2 aromatic carbocycles. The molecule has 0 radical (unpaired) electrons. The Balaban J connectivity index is 1.30. The number of rotatable bonds is 5. The number of pyridine rings is 1. The average molecular weight is 527 g/mol. The summed E-state index contributed by atoms with van der Waals surface area (Å²) < 4.78 is 62.5. The number of aromatic nitrogens is 1. The lowest BCUT2D eigenvalue weighted by Gasteiger charge is -2.41. The molecule has 0 amide bonds. The summed E-state index contributed by atoms with van der Waals surface area (Å²) in [5.41, 5.74) is 2.18. The number of fused-ring (bicyclic) bond motifs is 4. The Morgan fingerprint density at radius 2 is 1.95 bits per heavy atom. The molecule has 0 saturated heterocycles. The Hall–Kier alpha value is -3.62. The van der Waals surface area contributed by atoms with Crippen LogP contribution < -0.4 is 9.64 Å². The first kappa shape index (κ1) is 24.7. The second-order valence-electron chi connectivity index (χ2n) is 11.0. The molecule has 0 spiro atoms. The molecule has 2 aliphatic carbocycles. The molecule has 3 atom stereocenters. The van der Waals surface area contributed by atoms with Gasteiger partial charge in [-0.25, -0.2) is 9.37 Å². The molecule has 5 nitrogen and oxygen atoms in total. The van der Waals surface area contributed by atoms with E-state index in [0.29, 0.717) is 36.5 Å². The second kappa shape index (κ2) is 8.44. The Morgan fingerprint density at radius 1 is 1.18 bits per heavy atom. The quantitative estimate of drug-likeness (QED) is 0.379. The zero-order chi connectivity index (χ0) is 27.0. The highest BCUT2D eigenvalue weighted by Gasteiger charge is 2.60. The lowest BCUT2D eigenvalue weighted by molar-refractivity contribution is -0.139. The van der Waals surface area contributed by atoms with Crippen LogP contribution in [-0.4, -0.2) is 22.6 Å². The van der Waals surface area contributed by atoms with Gasteiger partial charge in [0.05, 0.1) is 17.2 Å². The van der Waals surface area contributed by atoms with E-state index in [9.17, 15) is 23.1 Å². The number of carbonyl (C=O) groups is 1. The molecule has 1 aromatic heterocycles. The molecule has 38 heavy (non-hydrogen) atoms. The maximum absolute atomic E-state index is 15.3. The van der Waals surface area contributed by atoms with Crippen molar-refractivity contribution in [1.29, 1.82) is 0 Å². The summed E-state index contributed by atoms with van der Waals surface area (Å²) in [6, 6.07) is 10.2. The van der Waals surface area contributed by atoms with Gasteiger partial charge in [-0.2, -0.15) is 13.2 Å². The third-order valence-electron chi connectivity index (χ3n) is 8.29. The Bertz CT molecular complexity index is 1450. The van der Waals surface area contributed by atoms with Gasteiger partial charge in [0.25, 0.3) is 0 Å².